The van der Waals surface area contributed by atoms with Gasteiger partial charge in [-0.2, -0.15) is 0 Å². The Morgan fingerprint density at radius 3 is 2.05 bits per heavy atom. The van der Waals surface area contributed by atoms with Crippen LogP contribution in [0.5, 0.6) is 0 Å². The Bertz CT molecular complexity index is 344. The lowest BCUT2D eigenvalue weighted by Gasteiger charge is -2.51. The van der Waals surface area contributed by atoms with E-state index in [1.54, 1.807) is 5.06 Å². The summed E-state index contributed by atoms with van der Waals surface area (Å²) in [6, 6.07) is 0. The molecular formula is C14H25NO4. The molecule has 0 bridgehead atoms. The summed E-state index contributed by atoms with van der Waals surface area (Å²) in [4.78, 5) is 27.3. The highest BCUT2D eigenvalue weighted by atomic mass is 16.7. The van der Waals surface area contributed by atoms with E-state index in [-0.39, 0.29) is 23.7 Å². The predicted octanol–water partition coefficient (Wildman–Crippen LogP) is 2.31. The normalized spacial score (nSPS) is 23.0. The van der Waals surface area contributed by atoms with E-state index in [9.17, 15) is 9.59 Å². The van der Waals surface area contributed by atoms with E-state index in [2.05, 4.69) is 34.6 Å². The van der Waals surface area contributed by atoms with Crippen molar-refractivity contribution >= 4 is 11.9 Å². The van der Waals surface area contributed by atoms with Crippen LogP contribution in [-0.2, 0) is 14.4 Å². The number of carbonyl (C=O) groups excluding carboxylic acids is 1. The average Bonchev–Trinajstić information content (AvgIpc) is 2.22. The van der Waals surface area contributed by atoms with Crippen LogP contribution >= 0.6 is 0 Å². The van der Waals surface area contributed by atoms with Crippen molar-refractivity contribution in [2.24, 2.45) is 16.7 Å². The molecule has 5 heteroatoms. The summed E-state index contributed by atoms with van der Waals surface area (Å²) in [5.41, 5.74) is 0.101. The van der Waals surface area contributed by atoms with Crippen molar-refractivity contribution in [2.45, 2.75) is 47.5 Å². The number of hydrogen-bond acceptors (Lipinski definition) is 4. The van der Waals surface area contributed by atoms with Crippen LogP contribution in [0.25, 0.3) is 0 Å². The third kappa shape index (κ3) is 4.20. The maximum Gasteiger partial charge on any atom is 0.325 e. The van der Waals surface area contributed by atoms with E-state index in [1.165, 1.54) is 0 Å². The smallest absolute Gasteiger partial charge is 0.325 e. The molecule has 0 spiro atoms. The van der Waals surface area contributed by atoms with Gasteiger partial charge in [0.05, 0.1) is 12.8 Å². The largest absolute Gasteiger partial charge is 0.481 e. The predicted molar refractivity (Wildman–Crippen MR) is 71.3 cm³/mol. The van der Waals surface area contributed by atoms with Crippen LogP contribution in [0.4, 0.5) is 0 Å². The molecule has 1 heterocycles. The standard InChI is InChI=1S/C14H25NO4/c1-10-13(2,3)8-15(9-14(10,4)5)19-12(18)7-6-11(16)17/h10H,6-9H2,1-5H3,(H,16,17). The Labute approximate surface area is 114 Å². The Balaban J connectivity index is 2.60. The van der Waals surface area contributed by atoms with Crippen LogP contribution < -0.4 is 0 Å². The van der Waals surface area contributed by atoms with E-state index in [0.717, 1.165) is 0 Å². The van der Waals surface area contributed by atoms with Gasteiger partial charge in [-0.05, 0) is 16.7 Å². The van der Waals surface area contributed by atoms with Gasteiger partial charge in [0.25, 0.3) is 0 Å². The van der Waals surface area contributed by atoms with Crippen LogP contribution in [-0.4, -0.2) is 35.2 Å². The number of nitrogens with zero attached hydrogens (tertiary/aromatic N) is 1. The van der Waals surface area contributed by atoms with E-state index < -0.39 is 11.9 Å². The molecule has 0 aromatic carbocycles. The number of rotatable bonds is 4. The van der Waals surface area contributed by atoms with Crippen molar-refractivity contribution in [1.82, 2.24) is 5.06 Å². The Morgan fingerprint density at radius 1 is 1.16 bits per heavy atom. The van der Waals surface area contributed by atoms with Crippen molar-refractivity contribution in [3.05, 3.63) is 0 Å². The summed E-state index contributed by atoms with van der Waals surface area (Å²) in [7, 11) is 0. The number of hydrogen-bond donors (Lipinski definition) is 1. The number of piperidine rings is 1. The number of carboxylic acids is 1. The molecule has 0 saturated carbocycles. The van der Waals surface area contributed by atoms with Gasteiger partial charge in [-0.1, -0.05) is 34.6 Å². The minimum atomic E-state index is -0.982. The summed E-state index contributed by atoms with van der Waals surface area (Å²) in [6.07, 6.45) is -0.266. The van der Waals surface area contributed by atoms with Crippen LogP contribution in [0.2, 0.25) is 0 Å². The minimum absolute atomic E-state index is 0.0504. The molecule has 110 valence electrons. The first-order valence-electron chi connectivity index (χ1n) is 6.72. The topological polar surface area (TPSA) is 66.8 Å². The Kier molecular flexibility index (Phi) is 4.61. The minimum Gasteiger partial charge on any atom is -0.481 e. The van der Waals surface area contributed by atoms with Crippen LogP contribution in [0.1, 0.15) is 47.5 Å². The summed E-state index contributed by atoms with van der Waals surface area (Å²) < 4.78 is 0. The van der Waals surface area contributed by atoms with Gasteiger partial charge in [-0.25, -0.2) is 0 Å². The van der Waals surface area contributed by atoms with Crippen LogP contribution in [0.15, 0.2) is 0 Å². The molecule has 1 saturated heterocycles. The zero-order valence-corrected chi connectivity index (χ0v) is 12.5. The second-order valence-corrected chi connectivity index (χ2v) is 6.85. The summed E-state index contributed by atoms with van der Waals surface area (Å²) >= 11 is 0. The number of carboxylic acid groups (broad SMARTS) is 1. The summed E-state index contributed by atoms with van der Waals surface area (Å²) in [5, 5.41) is 10.2. The van der Waals surface area contributed by atoms with Gasteiger partial charge in [0, 0.05) is 13.1 Å². The van der Waals surface area contributed by atoms with Gasteiger partial charge in [0.15, 0.2) is 0 Å². The Hall–Kier alpha value is -1.10. The number of hydroxylamine groups is 2. The van der Waals surface area contributed by atoms with Crippen molar-refractivity contribution in [3.63, 3.8) is 0 Å². The fraction of sp³-hybridized carbons (Fsp3) is 0.857. The van der Waals surface area contributed by atoms with E-state index in [4.69, 9.17) is 9.94 Å². The fourth-order valence-electron chi connectivity index (χ4n) is 2.76. The van der Waals surface area contributed by atoms with Crippen molar-refractivity contribution in [2.75, 3.05) is 13.1 Å². The molecular weight excluding hydrogens is 246 g/mol. The number of carbonyl (C=O) groups is 2. The molecule has 0 aromatic rings. The van der Waals surface area contributed by atoms with Gasteiger partial charge >= 0.3 is 11.9 Å². The molecule has 1 aliphatic heterocycles. The first-order chi connectivity index (χ1) is 8.54. The lowest BCUT2D eigenvalue weighted by molar-refractivity contribution is -0.225. The van der Waals surface area contributed by atoms with Gasteiger partial charge in [0.1, 0.15) is 0 Å². The van der Waals surface area contributed by atoms with Gasteiger partial charge in [-0.15, -0.1) is 5.06 Å². The molecule has 0 aliphatic carbocycles. The first kappa shape index (κ1) is 16.0. The highest BCUT2D eigenvalue weighted by molar-refractivity contribution is 5.76. The van der Waals surface area contributed by atoms with Crippen LogP contribution in [0, 0.1) is 16.7 Å². The maximum absolute atomic E-state index is 11.6. The molecule has 0 unspecified atom stereocenters. The molecule has 19 heavy (non-hydrogen) atoms. The second-order valence-electron chi connectivity index (χ2n) is 6.85. The second kappa shape index (κ2) is 5.49. The molecule has 1 N–H and O–H groups in total. The summed E-state index contributed by atoms with van der Waals surface area (Å²) in [5.74, 6) is -0.942. The van der Waals surface area contributed by atoms with Crippen LogP contribution in [0.3, 0.4) is 0 Å². The highest BCUT2D eigenvalue weighted by Gasteiger charge is 2.45. The quantitative estimate of drug-likeness (QED) is 0.850. The van der Waals surface area contributed by atoms with E-state index in [1.807, 2.05) is 0 Å². The Morgan fingerprint density at radius 2 is 1.63 bits per heavy atom. The molecule has 0 radical (unpaired) electrons. The molecule has 0 amide bonds. The molecule has 1 rings (SSSR count). The lowest BCUT2D eigenvalue weighted by Crippen LogP contribution is -2.54. The highest BCUT2D eigenvalue weighted by Crippen LogP contribution is 2.45. The molecule has 1 fully saturated rings. The molecule has 0 atom stereocenters. The van der Waals surface area contributed by atoms with Gasteiger partial charge < -0.3 is 9.94 Å². The summed E-state index contributed by atoms with van der Waals surface area (Å²) in [6.45, 7) is 12.2. The monoisotopic (exact) mass is 271 g/mol. The molecule has 0 aromatic heterocycles. The maximum atomic E-state index is 11.6. The van der Waals surface area contributed by atoms with E-state index >= 15 is 0 Å². The first-order valence-corrected chi connectivity index (χ1v) is 6.72. The number of aliphatic carboxylic acids is 1. The SMILES string of the molecule is CC1C(C)(C)CN(OC(=O)CCC(=O)O)CC1(C)C. The third-order valence-corrected chi connectivity index (χ3v) is 4.29. The third-order valence-electron chi connectivity index (χ3n) is 4.29. The van der Waals surface area contributed by atoms with Crippen molar-refractivity contribution in [1.29, 1.82) is 0 Å². The zero-order chi connectivity index (χ0) is 14.8. The van der Waals surface area contributed by atoms with Crippen molar-refractivity contribution < 1.29 is 19.5 Å². The van der Waals surface area contributed by atoms with E-state index in [0.29, 0.717) is 19.0 Å². The molecule has 1 aliphatic rings. The zero-order valence-electron chi connectivity index (χ0n) is 12.5. The molecule has 5 nitrogen and oxygen atoms in total. The van der Waals surface area contributed by atoms with Gasteiger partial charge in [0.2, 0.25) is 0 Å². The lowest BCUT2D eigenvalue weighted by atomic mass is 9.63. The van der Waals surface area contributed by atoms with Gasteiger partial charge in [-0.3, -0.25) is 9.59 Å². The average molecular weight is 271 g/mol. The fourth-order valence-corrected chi connectivity index (χ4v) is 2.76. The van der Waals surface area contributed by atoms with Crippen molar-refractivity contribution in [3.8, 4) is 0 Å².